The van der Waals surface area contributed by atoms with Crippen LogP contribution in [0, 0.1) is 10.1 Å². The molecule has 2 aromatic carbocycles. The smallest absolute Gasteiger partial charge is 0.303 e. The number of pyridine rings is 1. The van der Waals surface area contributed by atoms with Gasteiger partial charge >= 0.3 is 5.97 Å². The summed E-state index contributed by atoms with van der Waals surface area (Å²) in [5, 5.41) is 24.5. The normalized spacial score (nSPS) is 10.8. The molecule has 0 atom stereocenters. The zero-order valence-electron chi connectivity index (χ0n) is 12.7. The predicted molar refractivity (Wildman–Crippen MR) is 91.3 cm³/mol. The van der Waals surface area contributed by atoms with Gasteiger partial charge in [-0.15, -0.1) is 0 Å². The number of nitrogens with zero attached hydrogens (tertiary/aromatic N) is 2. The molecule has 122 valence electrons. The average molecular weight is 325 g/mol. The first kappa shape index (κ1) is 15.7. The molecule has 3 aromatic rings. The van der Waals surface area contributed by atoms with E-state index < -0.39 is 10.9 Å². The number of rotatable bonds is 6. The Bertz CT molecular complexity index is 940. The highest BCUT2D eigenvalue weighted by molar-refractivity contribution is 6.11. The summed E-state index contributed by atoms with van der Waals surface area (Å²) in [5.74, 6) is -0.868. The van der Waals surface area contributed by atoms with Crippen molar-refractivity contribution in [3.05, 3.63) is 52.6 Å². The average Bonchev–Trinajstić information content (AvgIpc) is 2.56. The summed E-state index contributed by atoms with van der Waals surface area (Å²) in [7, 11) is 0. The molecule has 7 nitrogen and oxygen atoms in total. The zero-order valence-corrected chi connectivity index (χ0v) is 12.7. The lowest BCUT2D eigenvalue weighted by Crippen LogP contribution is -2.07. The Morgan fingerprint density at radius 1 is 1.17 bits per heavy atom. The zero-order chi connectivity index (χ0) is 17.1. The summed E-state index contributed by atoms with van der Waals surface area (Å²) >= 11 is 0. The van der Waals surface area contributed by atoms with Crippen molar-refractivity contribution >= 4 is 39.1 Å². The summed E-state index contributed by atoms with van der Waals surface area (Å²) in [6.07, 6.45) is 0.462. The van der Waals surface area contributed by atoms with Gasteiger partial charge in [-0.1, -0.05) is 24.3 Å². The van der Waals surface area contributed by atoms with Crippen LogP contribution < -0.4 is 5.32 Å². The first-order valence-electron chi connectivity index (χ1n) is 7.49. The van der Waals surface area contributed by atoms with Crippen LogP contribution in [0.2, 0.25) is 0 Å². The molecule has 3 rings (SSSR count). The third-order valence-electron chi connectivity index (χ3n) is 3.75. The third-order valence-corrected chi connectivity index (χ3v) is 3.75. The van der Waals surface area contributed by atoms with E-state index in [2.05, 4.69) is 10.3 Å². The number of nitro groups is 1. The highest BCUT2D eigenvalue weighted by atomic mass is 16.6. The fraction of sp³-hybridized carbons (Fsp3) is 0.176. The first-order chi connectivity index (χ1) is 11.6. The molecule has 0 amide bonds. The molecule has 0 fully saturated rings. The maximum atomic E-state index is 11.4. The van der Waals surface area contributed by atoms with Gasteiger partial charge in [-0.25, -0.2) is 4.98 Å². The highest BCUT2D eigenvalue weighted by Gasteiger charge is 2.18. The molecular weight excluding hydrogens is 310 g/mol. The van der Waals surface area contributed by atoms with Crippen LogP contribution in [0.15, 0.2) is 42.5 Å². The van der Waals surface area contributed by atoms with Crippen molar-refractivity contribution in [3.63, 3.8) is 0 Å². The van der Waals surface area contributed by atoms with Crippen LogP contribution in [-0.2, 0) is 4.79 Å². The van der Waals surface area contributed by atoms with Crippen LogP contribution >= 0.6 is 0 Å². The topological polar surface area (TPSA) is 105 Å². The molecule has 0 aliphatic carbocycles. The molecular formula is C17H15N3O4. The maximum Gasteiger partial charge on any atom is 0.303 e. The molecule has 0 saturated carbocycles. The Morgan fingerprint density at radius 3 is 2.67 bits per heavy atom. The fourth-order valence-corrected chi connectivity index (χ4v) is 2.71. The fourth-order valence-electron chi connectivity index (χ4n) is 2.71. The first-order valence-corrected chi connectivity index (χ1v) is 7.49. The van der Waals surface area contributed by atoms with Crippen molar-refractivity contribution in [2.45, 2.75) is 12.8 Å². The van der Waals surface area contributed by atoms with E-state index in [-0.39, 0.29) is 12.1 Å². The van der Waals surface area contributed by atoms with E-state index >= 15 is 0 Å². The molecule has 24 heavy (non-hydrogen) atoms. The second kappa shape index (κ2) is 6.49. The second-order valence-corrected chi connectivity index (χ2v) is 5.36. The van der Waals surface area contributed by atoms with Crippen molar-refractivity contribution in [2.75, 3.05) is 11.9 Å². The monoisotopic (exact) mass is 325 g/mol. The summed E-state index contributed by atoms with van der Waals surface area (Å²) in [6.45, 7) is 0.404. The number of para-hydroxylation sites is 1. The minimum absolute atomic E-state index is 0.0218. The maximum absolute atomic E-state index is 11.4. The number of anilines is 1. The van der Waals surface area contributed by atoms with E-state index in [9.17, 15) is 14.9 Å². The van der Waals surface area contributed by atoms with Gasteiger partial charge in [0.2, 0.25) is 0 Å². The molecule has 0 radical (unpaired) electrons. The minimum Gasteiger partial charge on any atom is -0.481 e. The van der Waals surface area contributed by atoms with Crippen molar-refractivity contribution in [1.82, 2.24) is 4.98 Å². The van der Waals surface area contributed by atoms with Gasteiger partial charge in [0.05, 0.1) is 21.6 Å². The van der Waals surface area contributed by atoms with Crippen molar-refractivity contribution < 1.29 is 14.8 Å². The van der Waals surface area contributed by atoms with Crippen molar-refractivity contribution in [3.8, 4) is 0 Å². The Morgan fingerprint density at radius 2 is 1.92 bits per heavy atom. The SMILES string of the molecule is O=C(O)CCCNc1c2ccccc2nc2cccc([N+](=O)[O-])c12. The third kappa shape index (κ3) is 2.96. The van der Waals surface area contributed by atoms with Crippen LogP contribution in [0.4, 0.5) is 11.4 Å². The van der Waals surface area contributed by atoms with Gasteiger partial charge in [-0.2, -0.15) is 0 Å². The number of fused-ring (bicyclic) bond motifs is 2. The van der Waals surface area contributed by atoms with Gasteiger partial charge in [-0.3, -0.25) is 14.9 Å². The van der Waals surface area contributed by atoms with Gasteiger partial charge in [0.1, 0.15) is 5.39 Å². The van der Waals surface area contributed by atoms with Crippen LogP contribution in [0.3, 0.4) is 0 Å². The molecule has 7 heteroatoms. The Hall–Kier alpha value is -3.22. The summed E-state index contributed by atoms with van der Waals surface area (Å²) in [4.78, 5) is 26.1. The van der Waals surface area contributed by atoms with Crippen LogP contribution in [0.25, 0.3) is 21.8 Å². The molecule has 1 aromatic heterocycles. The number of non-ortho nitro benzene ring substituents is 1. The van der Waals surface area contributed by atoms with E-state index in [1.54, 1.807) is 12.1 Å². The summed E-state index contributed by atoms with van der Waals surface area (Å²) in [6, 6.07) is 12.2. The molecule has 1 heterocycles. The molecule has 0 aliphatic heterocycles. The Labute approximate surface area is 137 Å². The summed E-state index contributed by atoms with van der Waals surface area (Å²) < 4.78 is 0. The number of carbonyl (C=O) groups is 1. The van der Waals surface area contributed by atoms with E-state index in [0.717, 1.165) is 10.9 Å². The van der Waals surface area contributed by atoms with E-state index in [4.69, 9.17) is 5.11 Å². The number of hydrogen-bond donors (Lipinski definition) is 2. The summed E-state index contributed by atoms with van der Waals surface area (Å²) in [5.41, 5.74) is 1.86. The van der Waals surface area contributed by atoms with E-state index in [1.165, 1.54) is 6.07 Å². The van der Waals surface area contributed by atoms with Gasteiger partial charge in [0.15, 0.2) is 0 Å². The standard InChI is InChI=1S/C17H15N3O4/c21-15(22)9-4-10-18-17-11-5-1-2-6-12(11)19-13-7-3-8-14(16(13)17)20(23)24/h1-3,5-8H,4,9-10H2,(H,18,19)(H,21,22). The van der Waals surface area contributed by atoms with Crippen molar-refractivity contribution in [2.24, 2.45) is 0 Å². The molecule has 0 bridgehead atoms. The number of aromatic nitrogens is 1. The second-order valence-electron chi connectivity index (χ2n) is 5.36. The lowest BCUT2D eigenvalue weighted by Gasteiger charge is -2.13. The molecule has 0 aliphatic rings. The molecule has 2 N–H and O–H groups in total. The highest BCUT2D eigenvalue weighted by Crippen LogP contribution is 2.36. The lowest BCUT2D eigenvalue weighted by atomic mass is 10.1. The number of hydrogen-bond acceptors (Lipinski definition) is 5. The number of benzene rings is 2. The lowest BCUT2D eigenvalue weighted by molar-refractivity contribution is -0.383. The van der Waals surface area contributed by atoms with Gasteiger partial charge < -0.3 is 10.4 Å². The van der Waals surface area contributed by atoms with Crippen LogP contribution in [0.1, 0.15) is 12.8 Å². The van der Waals surface area contributed by atoms with Crippen molar-refractivity contribution in [1.29, 1.82) is 0 Å². The number of aliphatic carboxylic acids is 1. The largest absolute Gasteiger partial charge is 0.481 e. The van der Waals surface area contributed by atoms with Gasteiger partial charge in [-0.05, 0) is 18.6 Å². The minimum atomic E-state index is -0.868. The number of carboxylic acids is 1. The Balaban J connectivity index is 2.16. The van der Waals surface area contributed by atoms with E-state index in [0.29, 0.717) is 29.6 Å². The predicted octanol–water partition coefficient (Wildman–Crippen LogP) is 3.57. The number of carboxylic acid groups (broad SMARTS) is 1. The number of nitro benzene ring substituents is 1. The van der Waals surface area contributed by atoms with Crippen LogP contribution in [-0.4, -0.2) is 27.5 Å². The quantitative estimate of drug-likeness (QED) is 0.310. The molecule has 0 spiro atoms. The number of nitrogens with one attached hydrogen (secondary N) is 1. The Kier molecular flexibility index (Phi) is 4.24. The molecule has 0 saturated heterocycles. The van der Waals surface area contributed by atoms with Crippen LogP contribution in [0.5, 0.6) is 0 Å². The molecule has 0 unspecified atom stereocenters. The van der Waals surface area contributed by atoms with Gasteiger partial charge in [0.25, 0.3) is 5.69 Å². The van der Waals surface area contributed by atoms with Gasteiger partial charge in [0, 0.05) is 24.4 Å². The van der Waals surface area contributed by atoms with E-state index in [1.807, 2.05) is 24.3 Å².